The summed E-state index contributed by atoms with van der Waals surface area (Å²) in [6, 6.07) is 6.83. The molecule has 2 aromatic rings. The normalized spacial score (nSPS) is 12.2. The smallest absolute Gasteiger partial charge is 0.321 e. The number of halogens is 4. The van der Waals surface area contributed by atoms with Crippen LogP contribution in [0.1, 0.15) is 29.8 Å². The van der Waals surface area contributed by atoms with Gasteiger partial charge >= 0.3 is 6.18 Å². The number of alkyl halides is 3. The first-order chi connectivity index (χ1) is 13.0. The number of sulfonamides is 1. The van der Waals surface area contributed by atoms with E-state index in [9.17, 15) is 30.8 Å². The van der Waals surface area contributed by atoms with Crippen LogP contribution in [0.3, 0.4) is 0 Å². The van der Waals surface area contributed by atoms with Crippen molar-refractivity contribution in [3.05, 3.63) is 59.4 Å². The maximum Gasteiger partial charge on any atom is 0.418 e. The Labute approximate surface area is 160 Å². The SMILES string of the molecule is CCN(CC)S(=O)(=O)c1ccc(F)c(C(=O)Nc2ccccc2C(F)(F)F)c1. The van der Waals surface area contributed by atoms with E-state index in [1.807, 2.05) is 5.32 Å². The van der Waals surface area contributed by atoms with Crippen molar-refractivity contribution < 1.29 is 30.8 Å². The Hall–Kier alpha value is -2.46. The lowest BCUT2D eigenvalue weighted by atomic mass is 10.1. The number of amides is 1. The number of benzene rings is 2. The Morgan fingerprint density at radius 3 is 2.25 bits per heavy atom. The molecule has 0 aromatic heterocycles. The van der Waals surface area contributed by atoms with Crippen molar-refractivity contribution in [2.75, 3.05) is 18.4 Å². The minimum atomic E-state index is -4.73. The first-order valence-electron chi connectivity index (χ1n) is 8.29. The zero-order valence-electron chi connectivity index (χ0n) is 15.0. The van der Waals surface area contributed by atoms with Gasteiger partial charge in [0.25, 0.3) is 5.91 Å². The number of carbonyl (C=O) groups excluding carboxylic acids is 1. The second-order valence-corrected chi connectivity index (χ2v) is 7.67. The molecule has 152 valence electrons. The fraction of sp³-hybridized carbons (Fsp3) is 0.278. The van der Waals surface area contributed by atoms with Gasteiger partial charge in [-0.3, -0.25) is 4.79 Å². The van der Waals surface area contributed by atoms with Crippen LogP contribution in [-0.2, 0) is 16.2 Å². The summed E-state index contributed by atoms with van der Waals surface area (Å²) in [5.74, 6) is -2.24. The van der Waals surface area contributed by atoms with E-state index >= 15 is 0 Å². The zero-order chi connectivity index (χ0) is 21.1. The molecule has 2 rings (SSSR count). The van der Waals surface area contributed by atoms with Gasteiger partial charge in [-0.05, 0) is 30.3 Å². The summed E-state index contributed by atoms with van der Waals surface area (Å²) in [5.41, 5.74) is -2.34. The van der Waals surface area contributed by atoms with Gasteiger partial charge in [0.05, 0.1) is 21.7 Å². The number of anilines is 1. The Morgan fingerprint density at radius 2 is 1.68 bits per heavy atom. The van der Waals surface area contributed by atoms with Crippen LogP contribution in [0, 0.1) is 5.82 Å². The molecule has 0 aliphatic heterocycles. The van der Waals surface area contributed by atoms with Crippen LogP contribution in [-0.4, -0.2) is 31.7 Å². The topological polar surface area (TPSA) is 66.5 Å². The van der Waals surface area contributed by atoms with E-state index in [1.165, 1.54) is 6.07 Å². The summed E-state index contributed by atoms with van der Waals surface area (Å²) in [6.07, 6.45) is -4.73. The number of hydrogen-bond acceptors (Lipinski definition) is 3. The Morgan fingerprint density at radius 1 is 1.07 bits per heavy atom. The van der Waals surface area contributed by atoms with Gasteiger partial charge < -0.3 is 5.32 Å². The first kappa shape index (κ1) is 21.8. The number of nitrogens with zero attached hydrogens (tertiary/aromatic N) is 1. The molecular formula is C18H18F4N2O3S. The molecule has 5 nitrogen and oxygen atoms in total. The first-order valence-corrected chi connectivity index (χ1v) is 9.73. The maximum atomic E-state index is 14.1. The van der Waals surface area contributed by atoms with Gasteiger partial charge in [0.1, 0.15) is 5.82 Å². The number of para-hydroxylation sites is 1. The highest BCUT2D eigenvalue weighted by atomic mass is 32.2. The van der Waals surface area contributed by atoms with Gasteiger partial charge in [-0.2, -0.15) is 17.5 Å². The standard InChI is InChI=1S/C18H18F4N2O3S/c1-3-24(4-2)28(26,27)12-9-10-15(19)13(11-12)17(25)23-16-8-6-5-7-14(16)18(20,21)22/h5-11H,3-4H2,1-2H3,(H,23,25). The van der Waals surface area contributed by atoms with Crippen LogP contribution in [0.25, 0.3) is 0 Å². The van der Waals surface area contributed by atoms with Crippen molar-refractivity contribution in [2.45, 2.75) is 24.9 Å². The molecule has 0 heterocycles. The molecular weight excluding hydrogens is 400 g/mol. The van der Waals surface area contributed by atoms with Crippen molar-refractivity contribution >= 4 is 21.6 Å². The van der Waals surface area contributed by atoms with Gasteiger partial charge in [-0.15, -0.1) is 0 Å². The minimum Gasteiger partial charge on any atom is -0.321 e. The third kappa shape index (κ3) is 4.50. The van der Waals surface area contributed by atoms with E-state index in [0.717, 1.165) is 40.7 Å². The molecule has 28 heavy (non-hydrogen) atoms. The predicted octanol–water partition coefficient (Wildman–Crippen LogP) is 4.13. The Balaban J connectivity index is 2.43. The third-order valence-electron chi connectivity index (χ3n) is 4.01. The van der Waals surface area contributed by atoms with Crippen LogP contribution in [0.2, 0.25) is 0 Å². The molecule has 0 saturated heterocycles. The zero-order valence-corrected chi connectivity index (χ0v) is 15.9. The Bertz CT molecular complexity index is 971. The van der Waals surface area contributed by atoms with Crippen molar-refractivity contribution in [1.82, 2.24) is 4.31 Å². The third-order valence-corrected chi connectivity index (χ3v) is 6.05. The van der Waals surface area contributed by atoms with E-state index in [0.29, 0.717) is 0 Å². The molecule has 0 fully saturated rings. The van der Waals surface area contributed by atoms with Crippen molar-refractivity contribution in [2.24, 2.45) is 0 Å². The summed E-state index contributed by atoms with van der Waals surface area (Å²) < 4.78 is 79.5. The molecule has 0 aliphatic carbocycles. The highest BCUT2D eigenvalue weighted by Gasteiger charge is 2.34. The molecule has 0 aliphatic rings. The number of rotatable bonds is 6. The van der Waals surface area contributed by atoms with E-state index in [4.69, 9.17) is 0 Å². The molecule has 0 bridgehead atoms. The van der Waals surface area contributed by atoms with E-state index in [1.54, 1.807) is 13.8 Å². The summed E-state index contributed by atoms with van der Waals surface area (Å²) in [4.78, 5) is 12.0. The summed E-state index contributed by atoms with van der Waals surface area (Å²) in [5, 5.41) is 2.00. The molecule has 10 heteroatoms. The van der Waals surface area contributed by atoms with Crippen LogP contribution in [0.5, 0.6) is 0 Å². The number of carbonyl (C=O) groups is 1. The van der Waals surface area contributed by atoms with Crippen molar-refractivity contribution in [3.8, 4) is 0 Å². The average Bonchev–Trinajstić information content (AvgIpc) is 2.62. The van der Waals surface area contributed by atoms with Gasteiger partial charge in [-0.1, -0.05) is 26.0 Å². The van der Waals surface area contributed by atoms with Gasteiger partial charge in [0, 0.05) is 13.1 Å². The second-order valence-electron chi connectivity index (χ2n) is 5.73. The van der Waals surface area contributed by atoms with Crippen molar-refractivity contribution in [3.63, 3.8) is 0 Å². The molecule has 1 amide bonds. The molecule has 2 aromatic carbocycles. The molecule has 0 radical (unpaired) electrons. The number of nitrogens with one attached hydrogen (secondary N) is 1. The van der Waals surface area contributed by atoms with Crippen LogP contribution in [0.15, 0.2) is 47.4 Å². The Kier molecular flexibility index (Phi) is 6.45. The molecule has 0 spiro atoms. The fourth-order valence-electron chi connectivity index (χ4n) is 2.58. The van der Waals surface area contributed by atoms with Crippen LogP contribution in [0.4, 0.5) is 23.2 Å². The van der Waals surface area contributed by atoms with Gasteiger partial charge in [-0.25, -0.2) is 12.8 Å². The molecule has 0 saturated carbocycles. The van der Waals surface area contributed by atoms with Gasteiger partial charge in [0.2, 0.25) is 10.0 Å². The quantitative estimate of drug-likeness (QED) is 0.718. The summed E-state index contributed by atoms with van der Waals surface area (Å²) in [7, 11) is -3.97. The lowest BCUT2D eigenvalue weighted by Crippen LogP contribution is -2.31. The van der Waals surface area contributed by atoms with E-state index in [-0.39, 0.29) is 18.0 Å². The van der Waals surface area contributed by atoms with Crippen molar-refractivity contribution in [1.29, 1.82) is 0 Å². The number of hydrogen-bond donors (Lipinski definition) is 1. The predicted molar refractivity (Wildman–Crippen MR) is 95.9 cm³/mol. The lowest BCUT2D eigenvalue weighted by Gasteiger charge is -2.19. The highest BCUT2D eigenvalue weighted by Crippen LogP contribution is 2.34. The van der Waals surface area contributed by atoms with Crippen LogP contribution < -0.4 is 5.32 Å². The average molecular weight is 418 g/mol. The largest absolute Gasteiger partial charge is 0.418 e. The summed E-state index contributed by atoms with van der Waals surface area (Å²) in [6.45, 7) is 3.56. The summed E-state index contributed by atoms with van der Waals surface area (Å²) >= 11 is 0. The second kappa shape index (κ2) is 8.27. The van der Waals surface area contributed by atoms with E-state index in [2.05, 4.69) is 0 Å². The van der Waals surface area contributed by atoms with Crippen LogP contribution >= 0.6 is 0 Å². The molecule has 1 N–H and O–H groups in total. The van der Waals surface area contributed by atoms with Gasteiger partial charge in [0.15, 0.2) is 0 Å². The highest BCUT2D eigenvalue weighted by molar-refractivity contribution is 7.89. The minimum absolute atomic E-state index is 0.163. The fourth-order valence-corrected chi connectivity index (χ4v) is 4.07. The maximum absolute atomic E-state index is 14.1. The monoisotopic (exact) mass is 418 g/mol. The molecule has 0 unspecified atom stereocenters. The van der Waals surface area contributed by atoms with E-state index < -0.39 is 44.7 Å². The lowest BCUT2D eigenvalue weighted by molar-refractivity contribution is -0.136. The molecule has 0 atom stereocenters.